The summed E-state index contributed by atoms with van der Waals surface area (Å²) in [5.41, 5.74) is 0. The van der Waals surface area contributed by atoms with Crippen molar-refractivity contribution >= 4 is 100 Å². The van der Waals surface area contributed by atoms with Crippen molar-refractivity contribution in [3.8, 4) is 0 Å². The van der Waals surface area contributed by atoms with Gasteiger partial charge in [0.2, 0.25) is 0 Å². The topological polar surface area (TPSA) is 0 Å². The third-order valence-electron chi connectivity index (χ3n) is 1.07. The van der Waals surface area contributed by atoms with Crippen molar-refractivity contribution < 1.29 is 0 Å². The summed E-state index contributed by atoms with van der Waals surface area (Å²) in [6.07, 6.45) is -2.05. The molecule has 0 saturated carbocycles. The Kier molecular flexibility index (Phi) is 6.01. The third kappa shape index (κ3) is 5.58. The average molecular weight is 377 g/mol. The highest BCUT2D eigenvalue weighted by Gasteiger charge is 2.48. The van der Waals surface area contributed by atoms with E-state index in [-0.39, 0.29) is 0 Å². The second-order valence-electron chi connectivity index (χ2n) is 2.66. The molecule has 0 aliphatic carbocycles. The highest BCUT2D eigenvalue weighted by atomic mass is 35.8. The Balaban J connectivity index is 5.56. The summed E-state index contributed by atoms with van der Waals surface area (Å²) in [5, 5.41) is 0. The molecule has 0 N–H and O–H groups in total. The fourth-order valence-corrected chi connectivity index (χ4v) is 34.5. The first-order chi connectivity index (χ1) is 5.37. The fourth-order valence-electron chi connectivity index (χ4n) is 0.764. The first-order valence-corrected chi connectivity index (χ1v) is 16.6. The summed E-state index contributed by atoms with van der Waals surface area (Å²) < 4.78 is 0.393. The minimum Gasteiger partial charge on any atom is -0.121 e. The van der Waals surface area contributed by atoms with Crippen LogP contribution in [-0.2, 0) is 0 Å². The maximum absolute atomic E-state index is 6.11. The molecule has 13 heavy (non-hydrogen) atoms. The van der Waals surface area contributed by atoms with Crippen molar-refractivity contribution in [2.75, 3.05) is 13.3 Å². The van der Waals surface area contributed by atoms with Crippen molar-refractivity contribution in [3.63, 3.8) is 0 Å². The number of hydrogen-bond donors (Lipinski definition) is 0. The Bertz CT molecular complexity index is 219. The molecular formula is C3H6Cl7PSi2. The highest BCUT2D eigenvalue weighted by Crippen LogP contribution is 2.54. The molecule has 0 aliphatic rings. The monoisotopic (exact) mass is 374 g/mol. The van der Waals surface area contributed by atoms with E-state index in [1.807, 2.05) is 0 Å². The van der Waals surface area contributed by atoms with E-state index in [1.54, 1.807) is 13.3 Å². The molecule has 0 nitrogen and oxygen atoms in total. The van der Waals surface area contributed by atoms with Crippen molar-refractivity contribution in [2.45, 2.75) is 0 Å². The summed E-state index contributed by atoms with van der Waals surface area (Å²) in [5.74, 6) is 0. The molecule has 0 amide bonds. The van der Waals surface area contributed by atoms with Gasteiger partial charge in [-0.25, -0.2) is 0 Å². The largest absolute Gasteiger partial charge is 0.369 e. The molecule has 0 aromatic carbocycles. The first-order valence-electron chi connectivity index (χ1n) is 2.92. The molecule has 80 valence electrons. The second-order valence-corrected chi connectivity index (χ2v) is 26.3. The van der Waals surface area contributed by atoms with E-state index >= 15 is 0 Å². The van der Waals surface area contributed by atoms with Crippen LogP contribution in [0, 0.1) is 0 Å². The van der Waals surface area contributed by atoms with Crippen molar-refractivity contribution in [2.24, 2.45) is 0 Å². The average Bonchev–Trinajstić information content (AvgIpc) is 1.44. The lowest BCUT2D eigenvalue weighted by Gasteiger charge is -2.24. The Morgan fingerprint density at radius 2 is 1.08 bits per heavy atom. The van der Waals surface area contributed by atoms with E-state index in [0.717, 1.165) is 0 Å². The van der Waals surface area contributed by atoms with Gasteiger partial charge in [0.15, 0.2) is 0 Å². The van der Waals surface area contributed by atoms with Crippen molar-refractivity contribution in [1.82, 2.24) is 0 Å². The van der Waals surface area contributed by atoms with Gasteiger partial charge >= 0.3 is 12.0 Å². The SMILES string of the molecule is CP(C)(Cl)=C([Si](Cl)(Cl)Cl)[Si](Cl)(Cl)Cl. The predicted molar refractivity (Wildman–Crippen MR) is 76.3 cm³/mol. The van der Waals surface area contributed by atoms with Crippen molar-refractivity contribution in [1.29, 1.82) is 0 Å². The fraction of sp³-hybridized carbons (Fsp3) is 0.667. The summed E-state index contributed by atoms with van der Waals surface area (Å²) in [7, 11) is 0. The smallest absolute Gasteiger partial charge is 0.121 e. The number of rotatable bonds is 2. The van der Waals surface area contributed by atoms with E-state index in [1.165, 1.54) is 0 Å². The maximum atomic E-state index is 6.11. The van der Waals surface area contributed by atoms with E-state index in [4.69, 9.17) is 77.7 Å². The highest BCUT2D eigenvalue weighted by molar-refractivity contribution is 8.14. The zero-order valence-corrected chi connectivity index (χ0v) is 14.8. The molecule has 0 fully saturated rings. The summed E-state index contributed by atoms with van der Waals surface area (Å²) in [4.78, 5) is 0. The Hall–Kier alpha value is 2.76. The van der Waals surface area contributed by atoms with Gasteiger partial charge in [-0.1, -0.05) is 11.2 Å². The summed E-state index contributed by atoms with van der Waals surface area (Å²) in [6.45, 7) is 3.52. The zero-order valence-electron chi connectivity index (χ0n) is 6.59. The molecule has 0 radical (unpaired) electrons. The molecule has 0 atom stereocenters. The van der Waals surface area contributed by atoms with Gasteiger partial charge in [-0.3, -0.25) is 0 Å². The van der Waals surface area contributed by atoms with E-state index in [0.29, 0.717) is 4.54 Å². The first kappa shape index (κ1) is 15.8. The van der Waals surface area contributed by atoms with Crippen LogP contribution in [0.2, 0.25) is 0 Å². The van der Waals surface area contributed by atoms with Crippen LogP contribution in [0.5, 0.6) is 0 Å². The van der Waals surface area contributed by atoms with Crippen LogP contribution in [0.4, 0.5) is 0 Å². The molecule has 0 aromatic heterocycles. The standard InChI is InChI=1S/C3H6Cl7PSi2/c1-11(2,4)3(12(5,6)7)13(8,9)10/h1-2H3. The van der Waals surface area contributed by atoms with Gasteiger partial charge in [0.25, 0.3) is 0 Å². The van der Waals surface area contributed by atoms with Crippen LogP contribution in [0.25, 0.3) is 0 Å². The molecule has 10 heteroatoms. The van der Waals surface area contributed by atoms with E-state index in [2.05, 4.69) is 0 Å². The Morgan fingerprint density at radius 1 is 0.846 bits per heavy atom. The van der Waals surface area contributed by atoms with E-state index in [9.17, 15) is 0 Å². The van der Waals surface area contributed by atoms with Gasteiger partial charge in [0.1, 0.15) is 0 Å². The van der Waals surface area contributed by atoms with Gasteiger partial charge in [-0.15, -0.1) is 66.5 Å². The van der Waals surface area contributed by atoms with Crippen LogP contribution < -0.4 is 0 Å². The molecule has 0 spiro atoms. The lowest BCUT2D eigenvalue weighted by atomic mass is 11.8. The van der Waals surface area contributed by atoms with Crippen LogP contribution in [0.3, 0.4) is 0 Å². The molecular weight excluding hydrogens is 371 g/mol. The van der Waals surface area contributed by atoms with Crippen LogP contribution in [0.1, 0.15) is 0 Å². The number of halogens is 7. The molecule has 0 rings (SSSR count). The van der Waals surface area contributed by atoms with Gasteiger partial charge in [-0.2, -0.15) is 0 Å². The van der Waals surface area contributed by atoms with Crippen LogP contribution in [0.15, 0.2) is 0 Å². The quantitative estimate of drug-likeness (QED) is 0.362. The predicted octanol–water partition coefficient (Wildman–Crippen LogP) is 4.98. The van der Waals surface area contributed by atoms with Gasteiger partial charge in [0.05, 0.1) is 0 Å². The normalized spacial score (nSPS) is 14.5. The minimum atomic E-state index is -3.14. The zero-order chi connectivity index (χ0) is 11.1. The molecule has 0 unspecified atom stereocenters. The van der Waals surface area contributed by atoms with Gasteiger partial charge in [-0.05, 0) is 19.6 Å². The third-order valence-corrected chi connectivity index (χ3v) is 20.8. The molecule has 0 bridgehead atoms. The Labute approximate surface area is 113 Å². The van der Waals surface area contributed by atoms with E-state index < -0.39 is 18.2 Å². The lowest BCUT2D eigenvalue weighted by molar-refractivity contribution is 2.27. The molecule has 0 aromatic rings. The second kappa shape index (κ2) is 4.95. The molecule has 0 aliphatic heterocycles. The van der Waals surface area contributed by atoms with Crippen LogP contribution >= 0.6 is 84.0 Å². The van der Waals surface area contributed by atoms with Crippen molar-refractivity contribution in [3.05, 3.63) is 0 Å². The summed E-state index contributed by atoms with van der Waals surface area (Å²) in [6, 6.07) is -6.28. The van der Waals surface area contributed by atoms with Gasteiger partial charge in [0, 0.05) is 4.54 Å². The summed E-state index contributed by atoms with van der Waals surface area (Å²) >= 11 is 41.1. The van der Waals surface area contributed by atoms with Gasteiger partial charge < -0.3 is 0 Å². The molecule has 0 saturated heterocycles. The minimum absolute atomic E-state index is 0.393. The molecule has 0 heterocycles. The lowest BCUT2D eigenvalue weighted by Crippen LogP contribution is -2.41. The maximum Gasteiger partial charge on any atom is 0.369 e. The Morgan fingerprint density at radius 3 is 1.08 bits per heavy atom. The van der Waals surface area contributed by atoms with Crippen LogP contribution in [-0.4, -0.2) is 29.9 Å². The number of hydrogen-bond acceptors (Lipinski definition) is 0.